The van der Waals surface area contributed by atoms with E-state index in [0.717, 1.165) is 28.5 Å². The van der Waals surface area contributed by atoms with Crippen LogP contribution in [0, 0.1) is 6.92 Å². The highest BCUT2D eigenvalue weighted by Gasteiger charge is 2.13. The summed E-state index contributed by atoms with van der Waals surface area (Å²) in [6.45, 7) is 4.87. The minimum atomic E-state index is -0.371. The number of hydrogen-bond donors (Lipinski definition) is 2. The maximum atomic E-state index is 10.0. The molecule has 98 valence electrons. The Kier molecular flexibility index (Phi) is 4.88. The van der Waals surface area contributed by atoms with Gasteiger partial charge in [-0.2, -0.15) is 0 Å². The highest BCUT2D eigenvalue weighted by atomic mass is 32.1. The molecule has 18 heavy (non-hydrogen) atoms. The van der Waals surface area contributed by atoms with Crippen molar-refractivity contribution in [1.29, 1.82) is 0 Å². The predicted molar refractivity (Wildman–Crippen MR) is 77.0 cm³/mol. The smallest absolute Gasteiger partial charge is 0.0897 e. The molecule has 2 heterocycles. The highest BCUT2D eigenvalue weighted by molar-refractivity contribution is 7.10. The molecule has 2 aromatic heterocycles. The van der Waals surface area contributed by atoms with E-state index in [1.165, 1.54) is 0 Å². The van der Waals surface area contributed by atoms with Gasteiger partial charge in [-0.15, -0.1) is 22.7 Å². The molecule has 3 nitrogen and oxygen atoms in total. The number of thiazole rings is 1. The van der Waals surface area contributed by atoms with Crippen LogP contribution < -0.4 is 5.32 Å². The maximum absolute atomic E-state index is 10.0. The quantitative estimate of drug-likeness (QED) is 0.855. The van der Waals surface area contributed by atoms with Crippen molar-refractivity contribution in [2.75, 3.05) is 0 Å². The lowest BCUT2D eigenvalue weighted by atomic mass is 10.1. The monoisotopic (exact) mass is 282 g/mol. The molecular weight excluding hydrogens is 264 g/mol. The molecule has 2 rings (SSSR count). The van der Waals surface area contributed by atoms with Gasteiger partial charge < -0.3 is 10.4 Å². The molecule has 0 aliphatic rings. The van der Waals surface area contributed by atoms with E-state index in [-0.39, 0.29) is 12.1 Å². The van der Waals surface area contributed by atoms with Crippen LogP contribution in [-0.2, 0) is 6.54 Å². The number of nitrogens with zero attached hydrogens (tertiary/aromatic N) is 1. The van der Waals surface area contributed by atoms with Crippen LogP contribution in [0.4, 0.5) is 0 Å². The molecule has 0 aliphatic heterocycles. The number of aliphatic hydroxyl groups excluding tert-OH is 1. The molecule has 0 amide bonds. The third-order valence-electron chi connectivity index (χ3n) is 2.75. The third kappa shape index (κ3) is 3.88. The van der Waals surface area contributed by atoms with Crippen molar-refractivity contribution >= 4 is 22.7 Å². The molecule has 2 aromatic rings. The standard InChI is InChI=1S/C13H18N2OS2/c1-9(6-12(16)13-4-3-5-17-13)14-7-11-8-18-10(2)15-11/h3-5,8-9,12,14,16H,6-7H2,1-2H3/t9-,12+/m1/s1. The van der Waals surface area contributed by atoms with E-state index < -0.39 is 0 Å². The van der Waals surface area contributed by atoms with Crippen LogP contribution in [0.25, 0.3) is 0 Å². The summed E-state index contributed by atoms with van der Waals surface area (Å²) < 4.78 is 0. The first-order valence-electron chi connectivity index (χ1n) is 6.01. The van der Waals surface area contributed by atoms with E-state index in [0.29, 0.717) is 0 Å². The van der Waals surface area contributed by atoms with E-state index in [2.05, 4.69) is 22.6 Å². The Morgan fingerprint density at radius 3 is 2.89 bits per heavy atom. The first-order chi connectivity index (χ1) is 8.65. The molecule has 0 unspecified atom stereocenters. The molecule has 0 saturated heterocycles. The normalized spacial score (nSPS) is 14.6. The fourth-order valence-electron chi connectivity index (χ4n) is 1.78. The Balaban J connectivity index is 1.76. The van der Waals surface area contributed by atoms with Gasteiger partial charge in [0.1, 0.15) is 0 Å². The third-order valence-corrected chi connectivity index (χ3v) is 4.54. The molecule has 0 aromatic carbocycles. The van der Waals surface area contributed by atoms with Gasteiger partial charge in [0.25, 0.3) is 0 Å². The molecule has 0 fully saturated rings. The highest BCUT2D eigenvalue weighted by Crippen LogP contribution is 2.22. The number of rotatable bonds is 6. The lowest BCUT2D eigenvalue weighted by Crippen LogP contribution is -2.27. The Morgan fingerprint density at radius 1 is 1.44 bits per heavy atom. The van der Waals surface area contributed by atoms with Crippen LogP contribution in [0.5, 0.6) is 0 Å². The molecule has 2 atom stereocenters. The zero-order valence-corrected chi connectivity index (χ0v) is 12.2. The van der Waals surface area contributed by atoms with E-state index in [4.69, 9.17) is 0 Å². The van der Waals surface area contributed by atoms with Gasteiger partial charge in [-0.05, 0) is 31.7 Å². The summed E-state index contributed by atoms with van der Waals surface area (Å²) in [7, 11) is 0. The molecule has 5 heteroatoms. The molecule has 0 radical (unpaired) electrons. The lowest BCUT2D eigenvalue weighted by molar-refractivity contribution is 0.157. The van der Waals surface area contributed by atoms with Gasteiger partial charge in [0.05, 0.1) is 16.8 Å². The van der Waals surface area contributed by atoms with Gasteiger partial charge in [0.15, 0.2) is 0 Å². The van der Waals surface area contributed by atoms with Gasteiger partial charge >= 0.3 is 0 Å². The minimum Gasteiger partial charge on any atom is -0.388 e. The SMILES string of the molecule is Cc1nc(CN[C@H](C)C[C@H](O)c2cccs2)cs1. The van der Waals surface area contributed by atoms with Crippen LogP contribution in [0.1, 0.15) is 35.0 Å². The fraction of sp³-hybridized carbons (Fsp3) is 0.462. The Hall–Kier alpha value is -0.750. The van der Waals surface area contributed by atoms with Crippen molar-refractivity contribution in [2.45, 2.75) is 39.0 Å². The summed E-state index contributed by atoms with van der Waals surface area (Å²) in [5, 5.41) is 18.6. The van der Waals surface area contributed by atoms with Crippen molar-refractivity contribution in [1.82, 2.24) is 10.3 Å². The van der Waals surface area contributed by atoms with Crippen LogP contribution >= 0.6 is 22.7 Å². The maximum Gasteiger partial charge on any atom is 0.0897 e. The number of nitrogens with one attached hydrogen (secondary N) is 1. The second-order valence-electron chi connectivity index (χ2n) is 4.41. The number of hydrogen-bond acceptors (Lipinski definition) is 5. The summed E-state index contributed by atoms with van der Waals surface area (Å²) in [5.41, 5.74) is 1.08. The average molecular weight is 282 g/mol. The van der Waals surface area contributed by atoms with Gasteiger partial charge in [-0.3, -0.25) is 0 Å². The van der Waals surface area contributed by atoms with Crippen molar-refractivity contribution in [3.05, 3.63) is 38.5 Å². The second-order valence-corrected chi connectivity index (χ2v) is 6.45. The zero-order chi connectivity index (χ0) is 13.0. The average Bonchev–Trinajstić information content (AvgIpc) is 2.97. The fourth-order valence-corrected chi connectivity index (χ4v) is 3.12. The molecule has 0 aliphatic carbocycles. The first kappa shape index (κ1) is 13.7. The van der Waals surface area contributed by atoms with Crippen LogP contribution in [0.3, 0.4) is 0 Å². The number of thiophene rings is 1. The summed E-state index contributed by atoms with van der Waals surface area (Å²) in [4.78, 5) is 5.44. The van der Waals surface area contributed by atoms with Crippen molar-refractivity contribution in [2.24, 2.45) is 0 Å². The predicted octanol–water partition coefficient (Wildman–Crippen LogP) is 3.11. The van der Waals surface area contributed by atoms with Crippen LogP contribution in [-0.4, -0.2) is 16.1 Å². The summed E-state index contributed by atoms with van der Waals surface area (Å²) in [5.74, 6) is 0. The summed E-state index contributed by atoms with van der Waals surface area (Å²) >= 11 is 3.27. The van der Waals surface area contributed by atoms with Crippen molar-refractivity contribution < 1.29 is 5.11 Å². The van der Waals surface area contributed by atoms with E-state index in [1.54, 1.807) is 22.7 Å². The van der Waals surface area contributed by atoms with Gasteiger partial charge in [-0.25, -0.2) is 4.98 Å². The zero-order valence-electron chi connectivity index (χ0n) is 10.6. The van der Waals surface area contributed by atoms with Gasteiger partial charge in [0.2, 0.25) is 0 Å². The van der Waals surface area contributed by atoms with Gasteiger partial charge in [0, 0.05) is 22.8 Å². The van der Waals surface area contributed by atoms with Crippen LogP contribution in [0.2, 0.25) is 0 Å². The van der Waals surface area contributed by atoms with E-state index >= 15 is 0 Å². The molecule has 0 saturated carbocycles. The Bertz CT molecular complexity index is 467. The lowest BCUT2D eigenvalue weighted by Gasteiger charge is -2.16. The Morgan fingerprint density at radius 2 is 2.28 bits per heavy atom. The Labute approximate surface area is 116 Å². The molecular formula is C13H18N2OS2. The number of aromatic nitrogens is 1. The summed E-state index contributed by atoms with van der Waals surface area (Å²) in [6, 6.07) is 4.22. The molecule has 0 bridgehead atoms. The minimum absolute atomic E-state index is 0.268. The number of aryl methyl sites for hydroxylation is 1. The van der Waals surface area contributed by atoms with Crippen molar-refractivity contribution in [3.8, 4) is 0 Å². The number of aliphatic hydroxyl groups is 1. The summed E-state index contributed by atoms with van der Waals surface area (Å²) in [6.07, 6.45) is 0.355. The van der Waals surface area contributed by atoms with E-state index in [1.807, 2.05) is 24.4 Å². The largest absolute Gasteiger partial charge is 0.388 e. The second kappa shape index (κ2) is 6.43. The van der Waals surface area contributed by atoms with E-state index in [9.17, 15) is 5.11 Å². The first-order valence-corrected chi connectivity index (χ1v) is 7.77. The molecule has 0 spiro atoms. The van der Waals surface area contributed by atoms with Gasteiger partial charge in [-0.1, -0.05) is 6.07 Å². The van der Waals surface area contributed by atoms with Crippen LogP contribution in [0.15, 0.2) is 22.9 Å². The topological polar surface area (TPSA) is 45.2 Å². The molecule has 2 N–H and O–H groups in total. The van der Waals surface area contributed by atoms with Crippen molar-refractivity contribution in [3.63, 3.8) is 0 Å².